The second kappa shape index (κ2) is 8.42. The van der Waals surface area contributed by atoms with Crippen molar-refractivity contribution in [1.82, 2.24) is 0 Å². The SMILES string of the molecule is O=S(CCCOc1ccc(Cl)cc1Cl)Cc1ccccc1. The van der Waals surface area contributed by atoms with Gasteiger partial charge in [-0.3, -0.25) is 4.21 Å². The van der Waals surface area contributed by atoms with Crippen LogP contribution in [-0.2, 0) is 16.6 Å². The molecule has 0 aliphatic rings. The van der Waals surface area contributed by atoms with Gasteiger partial charge in [-0.25, -0.2) is 0 Å². The van der Waals surface area contributed by atoms with Crippen molar-refractivity contribution < 1.29 is 8.95 Å². The number of ether oxygens (including phenoxy) is 1. The van der Waals surface area contributed by atoms with Crippen LogP contribution in [0.4, 0.5) is 0 Å². The first kappa shape index (κ1) is 16.3. The molecule has 0 amide bonds. The minimum atomic E-state index is -0.872. The lowest BCUT2D eigenvalue weighted by Crippen LogP contribution is -2.06. The number of hydrogen-bond acceptors (Lipinski definition) is 2. The molecule has 0 fully saturated rings. The molecule has 2 aromatic carbocycles. The average Bonchev–Trinajstić information content (AvgIpc) is 2.46. The van der Waals surface area contributed by atoms with E-state index in [1.165, 1.54) is 0 Å². The third kappa shape index (κ3) is 5.70. The van der Waals surface area contributed by atoms with Crippen molar-refractivity contribution in [2.75, 3.05) is 12.4 Å². The standard InChI is InChI=1S/C16H16Cl2O2S/c17-14-7-8-16(15(18)11-14)20-9-4-10-21(19)12-13-5-2-1-3-6-13/h1-3,5-8,11H,4,9-10,12H2. The largest absolute Gasteiger partial charge is 0.492 e. The fourth-order valence-corrected chi connectivity index (χ4v) is 3.44. The maximum absolute atomic E-state index is 11.9. The maximum atomic E-state index is 11.9. The molecule has 0 aliphatic carbocycles. The number of hydrogen-bond donors (Lipinski definition) is 0. The van der Waals surface area contributed by atoms with Crippen LogP contribution in [0.1, 0.15) is 12.0 Å². The highest BCUT2D eigenvalue weighted by Gasteiger charge is 2.04. The van der Waals surface area contributed by atoms with Gasteiger partial charge in [-0.2, -0.15) is 0 Å². The molecular formula is C16H16Cl2O2S. The molecule has 2 aromatic rings. The summed E-state index contributed by atoms with van der Waals surface area (Å²) in [5.41, 5.74) is 1.09. The topological polar surface area (TPSA) is 26.3 Å². The Morgan fingerprint density at radius 2 is 1.81 bits per heavy atom. The van der Waals surface area contributed by atoms with Crippen molar-refractivity contribution in [2.45, 2.75) is 12.2 Å². The zero-order valence-electron chi connectivity index (χ0n) is 11.4. The number of rotatable bonds is 7. The molecule has 0 aromatic heterocycles. The first-order valence-corrected chi connectivity index (χ1v) is 8.86. The Kier molecular flexibility index (Phi) is 6.55. The van der Waals surface area contributed by atoms with Crippen molar-refractivity contribution in [2.24, 2.45) is 0 Å². The van der Waals surface area contributed by atoms with Gasteiger partial charge in [-0.05, 0) is 30.2 Å². The predicted molar refractivity (Wildman–Crippen MR) is 89.7 cm³/mol. The Morgan fingerprint density at radius 3 is 2.52 bits per heavy atom. The third-order valence-electron chi connectivity index (χ3n) is 2.84. The molecular weight excluding hydrogens is 327 g/mol. The summed E-state index contributed by atoms with van der Waals surface area (Å²) in [6.07, 6.45) is 0.721. The van der Waals surface area contributed by atoms with Gasteiger partial charge in [0, 0.05) is 27.3 Å². The van der Waals surface area contributed by atoms with Crippen LogP contribution < -0.4 is 4.74 Å². The van der Waals surface area contributed by atoms with E-state index in [4.69, 9.17) is 27.9 Å². The lowest BCUT2D eigenvalue weighted by molar-refractivity contribution is 0.318. The van der Waals surface area contributed by atoms with Gasteiger partial charge in [0.15, 0.2) is 0 Å². The van der Waals surface area contributed by atoms with Crippen LogP contribution in [0.15, 0.2) is 48.5 Å². The van der Waals surface area contributed by atoms with E-state index in [-0.39, 0.29) is 0 Å². The molecule has 0 N–H and O–H groups in total. The van der Waals surface area contributed by atoms with E-state index in [2.05, 4.69) is 0 Å². The lowest BCUT2D eigenvalue weighted by Gasteiger charge is -2.08. The summed E-state index contributed by atoms with van der Waals surface area (Å²) in [6.45, 7) is 0.488. The molecule has 2 nitrogen and oxygen atoms in total. The summed E-state index contributed by atoms with van der Waals surface area (Å²) in [7, 11) is -0.872. The smallest absolute Gasteiger partial charge is 0.137 e. The summed E-state index contributed by atoms with van der Waals surface area (Å²) in [5.74, 6) is 1.80. The van der Waals surface area contributed by atoms with E-state index in [0.717, 1.165) is 12.0 Å². The number of halogens is 2. The van der Waals surface area contributed by atoms with Crippen molar-refractivity contribution in [3.63, 3.8) is 0 Å². The molecule has 0 spiro atoms. The van der Waals surface area contributed by atoms with Gasteiger partial charge >= 0.3 is 0 Å². The quantitative estimate of drug-likeness (QED) is 0.681. The van der Waals surface area contributed by atoms with E-state index in [1.807, 2.05) is 30.3 Å². The van der Waals surface area contributed by atoms with Crippen molar-refractivity contribution >= 4 is 34.0 Å². The Bertz CT molecular complexity index is 602. The van der Waals surface area contributed by atoms with Crippen LogP contribution in [0.5, 0.6) is 5.75 Å². The Labute approximate surface area is 137 Å². The third-order valence-corrected chi connectivity index (χ3v) is 4.77. The van der Waals surface area contributed by atoms with Gasteiger partial charge in [-0.1, -0.05) is 53.5 Å². The maximum Gasteiger partial charge on any atom is 0.137 e. The number of benzene rings is 2. The monoisotopic (exact) mass is 342 g/mol. The normalized spacial score (nSPS) is 12.1. The second-order valence-corrected chi connectivity index (χ2v) is 6.97. The van der Waals surface area contributed by atoms with E-state index in [9.17, 15) is 4.21 Å². The van der Waals surface area contributed by atoms with Crippen LogP contribution >= 0.6 is 23.2 Å². The van der Waals surface area contributed by atoms with Gasteiger partial charge in [0.05, 0.1) is 11.6 Å². The van der Waals surface area contributed by atoms with Crippen LogP contribution in [0.3, 0.4) is 0 Å². The van der Waals surface area contributed by atoms with Crippen LogP contribution in [0.25, 0.3) is 0 Å². The second-order valence-electron chi connectivity index (χ2n) is 4.55. The van der Waals surface area contributed by atoms with E-state index in [1.54, 1.807) is 18.2 Å². The highest BCUT2D eigenvalue weighted by molar-refractivity contribution is 7.84. The highest BCUT2D eigenvalue weighted by Crippen LogP contribution is 2.27. The molecule has 0 saturated heterocycles. The molecule has 1 unspecified atom stereocenters. The molecule has 112 valence electrons. The zero-order valence-corrected chi connectivity index (χ0v) is 13.8. The van der Waals surface area contributed by atoms with Gasteiger partial charge in [0.25, 0.3) is 0 Å². The molecule has 0 saturated carbocycles. The fraction of sp³-hybridized carbons (Fsp3) is 0.250. The molecule has 0 heterocycles. The van der Waals surface area contributed by atoms with Crippen molar-refractivity contribution in [3.05, 3.63) is 64.1 Å². The molecule has 0 bridgehead atoms. The van der Waals surface area contributed by atoms with E-state index in [0.29, 0.717) is 33.9 Å². The molecule has 21 heavy (non-hydrogen) atoms. The van der Waals surface area contributed by atoms with Crippen molar-refractivity contribution in [1.29, 1.82) is 0 Å². The lowest BCUT2D eigenvalue weighted by atomic mass is 10.2. The zero-order chi connectivity index (χ0) is 15.1. The van der Waals surface area contributed by atoms with Crippen LogP contribution in [0, 0.1) is 0 Å². The van der Waals surface area contributed by atoms with Crippen molar-refractivity contribution in [3.8, 4) is 5.75 Å². The minimum Gasteiger partial charge on any atom is -0.492 e. The van der Waals surface area contributed by atoms with Crippen LogP contribution in [-0.4, -0.2) is 16.6 Å². The van der Waals surface area contributed by atoms with Gasteiger partial charge in [0.2, 0.25) is 0 Å². The molecule has 0 radical (unpaired) electrons. The molecule has 1 atom stereocenters. The average molecular weight is 343 g/mol. The Balaban J connectivity index is 1.71. The van der Waals surface area contributed by atoms with E-state index < -0.39 is 10.8 Å². The fourth-order valence-electron chi connectivity index (χ4n) is 1.83. The first-order chi connectivity index (χ1) is 10.1. The Hall–Kier alpha value is -1.03. The first-order valence-electron chi connectivity index (χ1n) is 6.62. The summed E-state index contributed by atoms with van der Waals surface area (Å²) < 4.78 is 17.5. The molecule has 2 rings (SSSR count). The predicted octanol–water partition coefficient (Wildman–Crippen LogP) is 4.71. The van der Waals surface area contributed by atoms with Crippen LogP contribution in [0.2, 0.25) is 10.0 Å². The summed E-state index contributed by atoms with van der Waals surface area (Å²) in [5, 5.41) is 1.07. The van der Waals surface area contributed by atoms with Gasteiger partial charge in [0.1, 0.15) is 5.75 Å². The van der Waals surface area contributed by atoms with E-state index >= 15 is 0 Å². The van der Waals surface area contributed by atoms with Gasteiger partial charge < -0.3 is 4.74 Å². The highest BCUT2D eigenvalue weighted by atomic mass is 35.5. The van der Waals surface area contributed by atoms with Gasteiger partial charge in [-0.15, -0.1) is 0 Å². The Morgan fingerprint density at radius 1 is 1.05 bits per heavy atom. The summed E-state index contributed by atoms with van der Waals surface area (Å²) in [6, 6.07) is 15.0. The summed E-state index contributed by atoms with van der Waals surface area (Å²) >= 11 is 11.8. The molecule has 5 heteroatoms. The minimum absolute atomic E-state index is 0.488. The molecule has 0 aliphatic heterocycles. The summed E-state index contributed by atoms with van der Waals surface area (Å²) in [4.78, 5) is 0.